The molecule has 5 heteroatoms. The minimum absolute atomic E-state index is 0.0634. The maximum Gasteiger partial charge on any atom is 0.236 e. The van der Waals surface area contributed by atoms with E-state index in [1.807, 2.05) is 4.90 Å². The van der Waals surface area contributed by atoms with Gasteiger partial charge < -0.3 is 10.6 Å². The van der Waals surface area contributed by atoms with Gasteiger partial charge in [-0.05, 0) is 18.4 Å². The molecule has 1 aromatic rings. The lowest BCUT2D eigenvalue weighted by molar-refractivity contribution is -0.131. The number of rotatable bonds is 3. The van der Waals surface area contributed by atoms with Gasteiger partial charge in [-0.25, -0.2) is 0 Å². The van der Waals surface area contributed by atoms with E-state index < -0.39 is 0 Å². The number of hydrogen-bond acceptors (Lipinski definition) is 4. The van der Waals surface area contributed by atoms with Crippen LogP contribution in [0.25, 0.3) is 0 Å². The number of thiophene rings is 1. The predicted octanol–water partition coefficient (Wildman–Crippen LogP) is 0.912. The Kier molecular flexibility index (Phi) is 4.15. The van der Waals surface area contributed by atoms with E-state index in [1.165, 1.54) is 4.88 Å². The summed E-state index contributed by atoms with van der Waals surface area (Å²) in [4.78, 5) is 17.1. The Balaban J connectivity index is 1.89. The fourth-order valence-corrected chi connectivity index (χ4v) is 3.01. The van der Waals surface area contributed by atoms with Crippen LogP contribution in [0.4, 0.5) is 0 Å². The first-order valence-electron chi connectivity index (χ1n) is 5.97. The van der Waals surface area contributed by atoms with Crippen molar-refractivity contribution in [1.82, 2.24) is 9.80 Å². The Morgan fingerprint density at radius 3 is 2.71 bits per heavy atom. The second-order valence-electron chi connectivity index (χ2n) is 4.31. The van der Waals surface area contributed by atoms with Crippen molar-refractivity contribution in [2.24, 2.45) is 5.73 Å². The lowest BCUT2D eigenvalue weighted by atomic mass is 10.2. The van der Waals surface area contributed by atoms with Crippen LogP contribution in [-0.2, 0) is 4.79 Å². The van der Waals surface area contributed by atoms with Gasteiger partial charge in [0, 0.05) is 37.1 Å². The van der Waals surface area contributed by atoms with Crippen molar-refractivity contribution in [3.8, 4) is 0 Å². The molecule has 94 valence electrons. The molecule has 4 nitrogen and oxygen atoms in total. The number of hydrogen-bond donors (Lipinski definition) is 1. The number of carbonyl (C=O) groups excluding carboxylic acids is 1. The molecule has 0 aromatic carbocycles. The smallest absolute Gasteiger partial charge is 0.236 e. The SMILES string of the molecule is CC(c1cccs1)N1CCN(C(=O)CN)CC1. The molecule has 1 aromatic heterocycles. The molecule has 1 unspecified atom stereocenters. The largest absolute Gasteiger partial charge is 0.339 e. The monoisotopic (exact) mass is 253 g/mol. The van der Waals surface area contributed by atoms with Crippen molar-refractivity contribution in [3.05, 3.63) is 22.4 Å². The molecule has 0 radical (unpaired) electrons. The first-order chi connectivity index (χ1) is 8.22. The number of amides is 1. The van der Waals surface area contributed by atoms with Gasteiger partial charge in [0.2, 0.25) is 5.91 Å². The molecule has 0 aliphatic carbocycles. The summed E-state index contributed by atoms with van der Waals surface area (Å²) in [5.74, 6) is 0.0634. The Morgan fingerprint density at radius 1 is 1.47 bits per heavy atom. The quantitative estimate of drug-likeness (QED) is 0.871. The molecular formula is C12H19N3OS. The number of nitrogens with zero attached hydrogens (tertiary/aromatic N) is 2. The summed E-state index contributed by atoms with van der Waals surface area (Å²) in [6.07, 6.45) is 0. The summed E-state index contributed by atoms with van der Waals surface area (Å²) in [7, 11) is 0. The van der Waals surface area contributed by atoms with E-state index in [0.717, 1.165) is 26.2 Å². The van der Waals surface area contributed by atoms with Gasteiger partial charge in [0.15, 0.2) is 0 Å². The van der Waals surface area contributed by atoms with Crippen LogP contribution in [0.2, 0.25) is 0 Å². The van der Waals surface area contributed by atoms with Crippen LogP contribution < -0.4 is 5.73 Å². The lowest BCUT2D eigenvalue weighted by Gasteiger charge is -2.37. The summed E-state index contributed by atoms with van der Waals surface area (Å²) in [6.45, 7) is 5.82. The van der Waals surface area contributed by atoms with Gasteiger partial charge in [0.1, 0.15) is 0 Å². The molecule has 1 aliphatic heterocycles. The van der Waals surface area contributed by atoms with E-state index in [9.17, 15) is 4.79 Å². The van der Waals surface area contributed by atoms with E-state index in [1.54, 1.807) is 11.3 Å². The van der Waals surface area contributed by atoms with E-state index in [0.29, 0.717) is 6.04 Å². The van der Waals surface area contributed by atoms with Crippen LogP contribution in [0.15, 0.2) is 17.5 Å². The van der Waals surface area contributed by atoms with Crippen LogP contribution in [0.1, 0.15) is 17.8 Å². The average Bonchev–Trinajstić information content (AvgIpc) is 2.91. The summed E-state index contributed by atoms with van der Waals surface area (Å²) >= 11 is 1.79. The first kappa shape index (κ1) is 12.5. The summed E-state index contributed by atoms with van der Waals surface area (Å²) < 4.78 is 0. The second-order valence-corrected chi connectivity index (χ2v) is 5.29. The van der Waals surface area contributed by atoms with Crippen LogP contribution >= 0.6 is 11.3 Å². The zero-order valence-corrected chi connectivity index (χ0v) is 10.9. The van der Waals surface area contributed by atoms with Crippen molar-refractivity contribution in [2.75, 3.05) is 32.7 Å². The maximum atomic E-state index is 11.5. The lowest BCUT2D eigenvalue weighted by Crippen LogP contribution is -2.50. The standard InChI is InChI=1S/C12H19N3OS/c1-10(11-3-2-8-17-11)14-4-6-15(7-5-14)12(16)9-13/h2-3,8,10H,4-7,9,13H2,1H3. The van der Waals surface area contributed by atoms with Crippen LogP contribution in [-0.4, -0.2) is 48.4 Å². The molecular weight excluding hydrogens is 234 g/mol. The van der Waals surface area contributed by atoms with Gasteiger partial charge in [-0.2, -0.15) is 0 Å². The third-order valence-corrected chi connectivity index (χ3v) is 4.39. The highest BCUT2D eigenvalue weighted by molar-refractivity contribution is 7.10. The molecule has 0 spiro atoms. The third kappa shape index (κ3) is 2.86. The summed E-state index contributed by atoms with van der Waals surface area (Å²) in [5.41, 5.74) is 5.37. The molecule has 1 amide bonds. The molecule has 1 saturated heterocycles. The molecule has 1 fully saturated rings. The molecule has 0 saturated carbocycles. The number of carbonyl (C=O) groups is 1. The summed E-state index contributed by atoms with van der Waals surface area (Å²) in [5, 5.41) is 2.11. The van der Waals surface area contributed by atoms with Gasteiger partial charge >= 0.3 is 0 Å². The molecule has 0 bridgehead atoms. The normalized spacial score (nSPS) is 19.3. The average molecular weight is 253 g/mol. The fraction of sp³-hybridized carbons (Fsp3) is 0.583. The zero-order valence-electron chi connectivity index (χ0n) is 10.1. The van der Waals surface area contributed by atoms with Crippen LogP contribution in [0.5, 0.6) is 0 Å². The van der Waals surface area contributed by atoms with Gasteiger partial charge in [0.05, 0.1) is 6.54 Å². The van der Waals surface area contributed by atoms with Crippen LogP contribution in [0, 0.1) is 0 Å². The highest BCUT2D eigenvalue weighted by atomic mass is 32.1. The number of nitrogens with two attached hydrogens (primary N) is 1. The van der Waals surface area contributed by atoms with E-state index in [4.69, 9.17) is 5.73 Å². The Hall–Kier alpha value is -0.910. The minimum Gasteiger partial charge on any atom is -0.339 e. The summed E-state index contributed by atoms with van der Waals surface area (Å²) in [6, 6.07) is 4.71. The van der Waals surface area contributed by atoms with Gasteiger partial charge in [0.25, 0.3) is 0 Å². The highest BCUT2D eigenvalue weighted by Crippen LogP contribution is 2.25. The van der Waals surface area contributed by atoms with Gasteiger partial charge in [-0.15, -0.1) is 11.3 Å². The van der Waals surface area contributed by atoms with Crippen molar-refractivity contribution >= 4 is 17.2 Å². The van der Waals surface area contributed by atoms with E-state index in [-0.39, 0.29) is 12.5 Å². The molecule has 2 N–H and O–H groups in total. The van der Waals surface area contributed by atoms with Crippen molar-refractivity contribution in [2.45, 2.75) is 13.0 Å². The second kappa shape index (κ2) is 5.62. The van der Waals surface area contributed by atoms with Gasteiger partial charge in [-0.1, -0.05) is 6.07 Å². The first-order valence-corrected chi connectivity index (χ1v) is 6.85. The Morgan fingerprint density at radius 2 is 2.18 bits per heavy atom. The fourth-order valence-electron chi connectivity index (χ4n) is 2.20. The molecule has 1 atom stereocenters. The molecule has 1 aliphatic rings. The topological polar surface area (TPSA) is 49.6 Å². The maximum absolute atomic E-state index is 11.5. The minimum atomic E-state index is 0.0634. The van der Waals surface area contributed by atoms with E-state index >= 15 is 0 Å². The molecule has 2 rings (SSSR count). The zero-order chi connectivity index (χ0) is 12.3. The van der Waals surface area contributed by atoms with Gasteiger partial charge in [-0.3, -0.25) is 9.69 Å². The highest BCUT2D eigenvalue weighted by Gasteiger charge is 2.24. The third-order valence-electron chi connectivity index (χ3n) is 3.34. The van der Waals surface area contributed by atoms with Crippen molar-refractivity contribution < 1.29 is 4.79 Å². The van der Waals surface area contributed by atoms with Crippen molar-refractivity contribution in [3.63, 3.8) is 0 Å². The Labute approximate surface area is 106 Å². The molecule has 17 heavy (non-hydrogen) atoms. The Bertz CT molecular complexity index is 358. The van der Waals surface area contributed by atoms with E-state index in [2.05, 4.69) is 29.3 Å². The predicted molar refractivity (Wildman–Crippen MR) is 69.9 cm³/mol. The van der Waals surface area contributed by atoms with Crippen molar-refractivity contribution in [1.29, 1.82) is 0 Å². The van der Waals surface area contributed by atoms with Crippen LogP contribution in [0.3, 0.4) is 0 Å². The molecule has 2 heterocycles. The number of piperazine rings is 1.